The zero-order valence-electron chi connectivity index (χ0n) is 11.4. The third-order valence-electron chi connectivity index (χ3n) is 3.14. The van der Waals surface area contributed by atoms with E-state index in [9.17, 15) is 9.59 Å². The van der Waals surface area contributed by atoms with Crippen LogP contribution < -0.4 is 14.8 Å². The first-order valence-corrected chi connectivity index (χ1v) is 6.50. The highest BCUT2D eigenvalue weighted by Gasteiger charge is 2.18. The fourth-order valence-electron chi connectivity index (χ4n) is 2.08. The van der Waals surface area contributed by atoms with E-state index in [-0.39, 0.29) is 24.6 Å². The van der Waals surface area contributed by atoms with Crippen molar-refractivity contribution >= 4 is 11.9 Å². The molecule has 7 heteroatoms. The van der Waals surface area contributed by atoms with Gasteiger partial charge in [-0.25, -0.2) is 4.79 Å². The number of aromatic nitrogens is 1. The van der Waals surface area contributed by atoms with Crippen molar-refractivity contribution in [1.29, 1.82) is 0 Å². The van der Waals surface area contributed by atoms with Gasteiger partial charge in [0, 0.05) is 12.7 Å². The number of hydrogen-bond donors (Lipinski definition) is 2. The lowest BCUT2D eigenvalue weighted by molar-refractivity contribution is 0.0690. The van der Waals surface area contributed by atoms with Crippen LogP contribution in [0.5, 0.6) is 11.5 Å². The van der Waals surface area contributed by atoms with Crippen molar-refractivity contribution in [3.8, 4) is 11.5 Å². The summed E-state index contributed by atoms with van der Waals surface area (Å²) in [5.41, 5.74) is 0.562. The number of fused-ring (bicyclic) bond motifs is 1. The van der Waals surface area contributed by atoms with Gasteiger partial charge in [-0.05, 0) is 29.8 Å². The van der Waals surface area contributed by atoms with E-state index in [0.29, 0.717) is 11.5 Å². The number of carboxylic acids is 1. The lowest BCUT2D eigenvalue weighted by atomic mass is 10.1. The number of amides is 1. The molecular weight excluding hydrogens is 288 g/mol. The van der Waals surface area contributed by atoms with Gasteiger partial charge >= 0.3 is 5.97 Å². The Labute approximate surface area is 125 Å². The summed E-state index contributed by atoms with van der Waals surface area (Å²) >= 11 is 0. The number of carbonyl (C=O) groups is 2. The van der Waals surface area contributed by atoms with Gasteiger partial charge in [0.05, 0.1) is 5.56 Å². The van der Waals surface area contributed by atoms with Crippen LogP contribution >= 0.6 is 0 Å². The smallest absolute Gasteiger partial charge is 0.338 e. The number of hydrogen-bond acceptors (Lipinski definition) is 5. The van der Waals surface area contributed by atoms with E-state index in [0.717, 1.165) is 5.56 Å². The lowest BCUT2D eigenvalue weighted by Gasteiger charge is -2.07. The molecule has 0 radical (unpaired) electrons. The minimum absolute atomic E-state index is 0.115. The SMILES string of the molecule is O=C(O)c1cccnc1C(=O)NCc1ccc2c(c1)OCO2. The molecule has 2 aromatic rings. The molecule has 1 amide bonds. The Bertz CT molecular complexity index is 744. The number of carbonyl (C=O) groups excluding carboxylic acids is 1. The molecule has 0 saturated carbocycles. The maximum atomic E-state index is 12.1. The fourth-order valence-corrected chi connectivity index (χ4v) is 2.08. The maximum Gasteiger partial charge on any atom is 0.338 e. The Morgan fingerprint density at radius 2 is 2.05 bits per heavy atom. The van der Waals surface area contributed by atoms with Crippen molar-refractivity contribution in [1.82, 2.24) is 10.3 Å². The van der Waals surface area contributed by atoms with Gasteiger partial charge in [-0.1, -0.05) is 6.07 Å². The van der Waals surface area contributed by atoms with E-state index in [1.807, 2.05) is 0 Å². The molecule has 112 valence electrons. The summed E-state index contributed by atoms with van der Waals surface area (Å²) in [5.74, 6) is -0.458. The molecule has 1 aromatic carbocycles. The summed E-state index contributed by atoms with van der Waals surface area (Å²) in [6.07, 6.45) is 1.38. The standard InChI is InChI=1S/C15H12N2O5/c18-14(13-10(15(19)20)2-1-5-16-13)17-7-9-3-4-11-12(6-9)22-8-21-11/h1-6H,7-8H2,(H,17,18)(H,19,20). The summed E-state index contributed by atoms with van der Waals surface area (Å²) < 4.78 is 10.5. The van der Waals surface area contributed by atoms with E-state index in [4.69, 9.17) is 14.6 Å². The molecule has 1 aromatic heterocycles. The molecule has 3 rings (SSSR count). The second-order valence-electron chi connectivity index (χ2n) is 4.58. The first-order valence-electron chi connectivity index (χ1n) is 6.50. The van der Waals surface area contributed by atoms with Crippen LogP contribution in [0.4, 0.5) is 0 Å². The zero-order valence-corrected chi connectivity index (χ0v) is 11.4. The predicted octanol–water partition coefficient (Wildman–Crippen LogP) is 1.44. The lowest BCUT2D eigenvalue weighted by Crippen LogP contribution is -2.26. The number of pyridine rings is 1. The highest BCUT2D eigenvalue weighted by atomic mass is 16.7. The molecule has 22 heavy (non-hydrogen) atoms. The van der Waals surface area contributed by atoms with E-state index in [1.165, 1.54) is 18.3 Å². The Balaban J connectivity index is 1.72. The zero-order chi connectivity index (χ0) is 15.5. The second kappa shape index (κ2) is 5.72. The third-order valence-corrected chi connectivity index (χ3v) is 3.14. The molecule has 0 fully saturated rings. The van der Waals surface area contributed by atoms with Crippen LogP contribution in [0.25, 0.3) is 0 Å². The number of nitrogens with zero attached hydrogens (tertiary/aromatic N) is 1. The van der Waals surface area contributed by atoms with Crippen LogP contribution in [0.2, 0.25) is 0 Å². The Morgan fingerprint density at radius 3 is 2.86 bits per heavy atom. The first kappa shape index (κ1) is 13.9. The van der Waals surface area contributed by atoms with Crippen LogP contribution in [0, 0.1) is 0 Å². The summed E-state index contributed by atoms with van der Waals surface area (Å²) in [4.78, 5) is 27.0. The molecule has 7 nitrogen and oxygen atoms in total. The van der Waals surface area contributed by atoms with Crippen molar-refractivity contribution in [2.75, 3.05) is 6.79 Å². The molecule has 1 aliphatic heterocycles. The van der Waals surface area contributed by atoms with Crippen LogP contribution in [-0.4, -0.2) is 28.8 Å². The van der Waals surface area contributed by atoms with Crippen molar-refractivity contribution in [3.63, 3.8) is 0 Å². The Kier molecular flexibility index (Phi) is 3.61. The highest BCUT2D eigenvalue weighted by molar-refractivity contribution is 6.03. The summed E-state index contributed by atoms with van der Waals surface area (Å²) in [7, 11) is 0. The topological polar surface area (TPSA) is 97.8 Å². The second-order valence-corrected chi connectivity index (χ2v) is 4.58. The first-order chi connectivity index (χ1) is 10.6. The van der Waals surface area contributed by atoms with Gasteiger partial charge in [0.15, 0.2) is 11.5 Å². The number of rotatable bonds is 4. The van der Waals surface area contributed by atoms with E-state index in [2.05, 4.69) is 10.3 Å². The normalized spacial score (nSPS) is 12.0. The largest absolute Gasteiger partial charge is 0.478 e. The van der Waals surface area contributed by atoms with E-state index < -0.39 is 11.9 Å². The number of aromatic carboxylic acids is 1. The molecule has 0 spiro atoms. The third kappa shape index (κ3) is 2.69. The molecule has 1 aliphatic rings. The molecular formula is C15H12N2O5. The fraction of sp³-hybridized carbons (Fsp3) is 0.133. The summed E-state index contributed by atoms with van der Waals surface area (Å²) in [6, 6.07) is 8.12. The van der Waals surface area contributed by atoms with Gasteiger partial charge in [-0.2, -0.15) is 0 Å². The minimum Gasteiger partial charge on any atom is -0.478 e. The van der Waals surface area contributed by atoms with Gasteiger partial charge in [-0.15, -0.1) is 0 Å². The number of ether oxygens (including phenoxy) is 2. The van der Waals surface area contributed by atoms with Gasteiger partial charge in [0.25, 0.3) is 5.91 Å². The number of carboxylic acid groups (broad SMARTS) is 1. The van der Waals surface area contributed by atoms with Gasteiger partial charge in [-0.3, -0.25) is 9.78 Å². The van der Waals surface area contributed by atoms with Crippen molar-refractivity contribution in [2.45, 2.75) is 6.54 Å². The molecule has 0 aliphatic carbocycles. The van der Waals surface area contributed by atoms with Crippen LogP contribution in [0.15, 0.2) is 36.5 Å². The van der Waals surface area contributed by atoms with E-state index >= 15 is 0 Å². The molecule has 0 atom stereocenters. The van der Waals surface area contributed by atoms with Crippen molar-refractivity contribution < 1.29 is 24.2 Å². The molecule has 2 N–H and O–H groups in total. The Hall–Kier alpha value is -3.09. The quantitative estimate of drug-likeness (QED) is 0.886. The van der Waals surface area contributed by atoms with Crippen molar-refractivity contribution in [3.05, 3.63) is 53.3 Å². The van der Waals surface area contributed by atoms with Crippen LogP contribution in [0.3, 0.4) is 0 Å². The number of nitrogens with one attached hydrogen (secondary N) is 1. The monoisotopic (exact) mass is 300 g/mol. The number of benzene rings is 1. The van der Waals surface area contributed by atoms with Crippen LogP contribution in [-0.2, 0) is 6.54 Å². The van der Waals surface area contributed by atoms with Crippen LogP contribution in [0.1, 0.15) is 26.4 Å². The van der Waals surface area contributed by atoms with Crippen molar-refractivity contribution in [2.24, 2.45) is 0 Å². The minimum atomic E-state index is -1.19. The molecule has 0 bridgehead atoms. The maximum absolute atomic E-state index is 12.1. The predicted molar refractivity (Wildman–Crippen MR) is 74.9 cm³/mol. The molecule has 0 unspecified atom stereocenters. The Morgan fingerprint density at radius 1 is 1.23 bits per heavy atom. The van der Waals surface area contributed by atoms with Gasteiger partial charge in [0.1, 0.15) is 5.69 Å². The molecule has 2 heterocycles. The van der Waals surface area contributed by atoms with Gasteiger partial charge in [0.2, 0.25) is 6.79 Å². The summed E-state index contributed by atoms with van der Waals surface area (Å²) in [5, 5.41) is 11.7. The molecule has 0 saturated heterocycles. The average molecular weight is 300 g/mol. The van der Waals surface area contributed by atoms with E-state index in [1.54, 1.807) is 18.2 Å². The average Bonchev–Trinajstić information content (AvgIpc) is 3.00. The summed E-state index contributed by atoms with van der Waals surface area (Å²) in [6.45, 7) is 0.409. The highest BCUT2D eigenvalue weighted by Crippen LogP contribution is 2.32. The van der Waals surface area contributed by atoms with Gasteiger partial charge < -0.3 is 19.9 Å².